The Bertz CT molecular complexity index is 715. The van der Waals surface area contributed by atoms with Crippen LogP contribution in [0.2, 0.25) is 0 Å². The largest absolute Gasteiger partial charge is 0.369 e. The van der Waals surface area contributed by atoms with Gasteiger partial charge in [-0.05, 0) is 117 Å². The molecule has 0 aromatic heterocycles. The summed E-state index contributed by atoms with van der Waals surface area (Å²) in [4.78, 5) is 10.9. The average Bonchev–Trinajstić information content (AvgIpc) is 2.90. The lowest BCUT2D eigenvalue weighted by Gasteiger charge is -2.31. The van der Waals surface area contributed by atoms with Crippen LogP contribution in [0, 0.1) is 47.3 Å². The zero-order chi connectivity index (χ0) is 27.4. The summed E-state index contributed by atoms with van der Waals surface area (Å²) in [6.45, 7) is 16.4. The van der Waals surface area contributed by atoms with Crippen molar-refractivity contribution in [1.29, 1.82) is 0 Å². The molecule has 0 aliphatic heterocycles. The second-order valence-corrected chi connectivity index (χ2v) is 13.8. The lowest BCUT2D eigenvalue weighted by Crippen LogP contribution is -2.28. The maximum atomic E-state index is 10.9. The fourth-order valence-electron chi connectivity index (χ4n) is 6.87. The summed E-state index contributed by atoms with van der Waals surface area (Å²) < 4.78 is 0. The highest BCUT2D eigenvalue weighted by atomic mass is 16.1. The molecule has 3 aliphatic carbocycles. The number of amides is 1. The summed E-state index contributed by atoms with van der Waals surface area (Å²) in [6.07, 6.45) is 16.0. The Balaban J connectivity index is 0.000000288. The molecule has 38 heavy (non-hydrogen) atoms. The highest BCUT2D eigenvalue weighted by Crippen LogP contribution is 2.38. The van der Waals surface area contributed by atoms with E-state index in [1.807, 2.05) is 0 Å². The van der Waals surface area contributed by atoms with Gasteiger partial charge in [0.2, 0.25) is 5.91 Å². The van der Waals surface area contributed by atoms with Gasteiger partial charge in [-0.2, -0.15) is 0 Å². The fourth-order valence-corrected chi connectivity index (χ4v) is 6.87. The number of nitrogens with two attached hydrogens (primary N) is 1. The smallest absolute Gasteiger partial charge is 0.220 e. The monoisotopic (exact) mass is 528 g/mol. The first-order valence-electron chi connectivity index (χ1n) is 15.9. The fraction of sp³-hybridized carbons (Fsp3) is 0.806. The van der Waals surface area contributed by atoms with Gasteiger partial charge in [0.1, 0.15) is 0 Å². The van der Waals surface area contributed by atoms with Gasteiger partial charge in [-0.25, -0.2) is 0 Å². The highest BCUT2D eigenvalue weighted by molar-refractivity contribution is 5.76. The van der Waals surface area contributed by atoms with Crippen molar-refractivity contribution in [3.05, 3.63) is 35.9 Å². The molecule has 3 aliphatic rings. The van der Waals surface area contributed by atoms with Gasteiger partial charge >= 0.3 is 0 Å². The van der Waals surface area contributed by atoms with Crippen molar-refractivity contribution in [2.75, 3.05) is 0 Å². The number of benzene rings is 1. The van der Waals surface area contributed by atoms with E-state index in [-0.39, 0.29) is 19.3 Å². The lowest BCUT2D eigenvalue weighted by atomic mass is 9.75. The van der Waals surface area contributed by atoms with Gasteiger partial charge in [-0.15, -0.1) is 0 Å². The maximum absolute atomic E-state index is 10.9. The molecule has 0 heterocycles. The van der Waals surface area contributed by atoms with Crippen LogP contribution in [0.1, 0.15) is 144 Å². The van der Waals surface area contributed by atoms with Gasteiger partial charge in [0, 0.05) is 5.92 Å². The first kappa shape index (κ1) is 34.7. The standard InChI is InChI=1S/C15H22.C10H19NO.C10H20.CH4/c1-12(2)13-8-10-15(11-9-13)14-6-4-3-5-7-14;1-7(2)8-3-5-9(6-4-8)10(11)12;1-8(2)10-6-4-9(3)5-7-10;/h3-7,12-13,15H,8-11H2,1-2H3;7-9H,3-6H2,1-2H3,(H2,11,12);8-10H,4-7H2,1-3H3;1H4. The molecule has 0 unspecified atom stereocenters. The molecule has 4 rings (SSSR count). The van der Waals surface area contributed by atoms with Gasteiger partial charge in [0.15, 0.2) is 0 Å². The van der Waals surface area contributed by atoms with Crippen molar-refractivity contribution in [2.24, 2.45) is 53.1 Å². The van der Waals surface area contributed by atoms with Crippen LogP contribution in [-0.4, -0.2) is 5.91 Å². The van der Waals surface area contributed by atoms with Crippen LogP contribution >= 0.6 is 0 Å². The molecule has 220 valence electrons. The van der Waals surface area contributed by atoms with Gasteiger partial charge in [0.25, 0.3) is 0 Å². The Labute approximate surface area is 238 Å². The maximum Gasteiger partial charge on any atom is 0.220 e. The Morgan fingerprint density at radius 2 is 1.00 bits per heavy atom. The summed E-state index contributed by atoms with van der Waals surface area (Å²) >= 11 is 0. The zero-order valence-corrected chi connectivity index (χ0v) is 25.6. The topological polar surface area (TPSA) is 43.1 Å². The molecule has 0 radical (unpaired) electrons. The Hall–Kier alpha value is -1.31. The molecule has 2 N–H and O–H groups in total. The number of carbonyl (C=O) groups excluding carboxylic acids is 1. The molecular weight excluding hydrogens is 462 g/mol. The molecule has 3 saturated carbocycles. The van der Waals surface area contributed by atoms with Crippen molar-refractivity contribution in [2.45, 2.75) is 139 Å². The van der Waals surface area contributed by atoms with Crippen molar-refractivity contribution in [3.8, 4) is 0 Å². The normalized spacial score (nSPS) is 29.4. The van der Waals surface area contributed by atoms with E-state index in [2.05, 4.69) is 78.8 Å². The van der Waals surface area contributed by atoms with Crippen LogP contribution < -0.4 is 5.73 Å². The number of hydrogen-bond donors (Lipinski definition) is 1. The second kappa shape index (κ2) is 18.1. The molecule has 0 bridgehead atoms. The van der Waals surface area contributed by atoms with Crippen LogP contribution in [0.5, 0.6) is 0 Å². The minimum absolute atomic E-state index is 0. The van der Waals surface area contributed by atoms with Crippen molar-refractivity contribution >= 4 is 5.91 Å². The quantitative estimate of drug-likeness (QED) is 0.406. The van der Waals surface area contributed by atoms with E-state index >= 15 is 0 Å². The summed E-state index contributed by atoms with van der Waals surface area (Å²) in [6, 6.07) is 11.0. The minimum atomic E-state index is -0.0998. The zero-order valence-electron chi connectivity index (χ0n) is 25.6. The van der Waals surface area contributed by atoms with Crippen LogP contribution in [0.3, 0.4) is 0 Å². The van der Waals surface area contributed by atoms with E-state index in [1.54, 1.807) is 5.56 Å². The van der Waals surface area contributed by atoms with Crippen molar-refractivity contribution < 1.29 is 4.79 Å². The van der Waals surface area contributed by atoms with E-state index in [0.29, 0.717) is 0 Å². The SMILES string of the molecule is C.CC(C)C1CCC(C(N)=O)CC1.CC(C)C1CCC(c2ccccc2)CC1.CC1CCC(C(C)C)CC1. The van der Waals surface area contributed by atoms with Crippen LogP contribution in [0.25, 0.3) is 0 Å². The van der Waals surface area contributed by atoms with Crippen molar-refractivity contribution in [1.82, 2.24) is 0 Å². The predicted octanol–water partition coefficient (Wildman–Crippen LogP) is 10.7. The third-order valence-corrected chi connectivity index (χ3v) is 10.1. The molecule has 1 amide bonds. The average molecular weight is 528 g/mol. The number of primary amides is 1. The third-order valence-electron chi connectivity index (χ3n) is 10.1. The Kier molecular flexibility index (Phi) is 16.6. The van der Waals surface area contributed by atoms with E-state index in [9.17, 15) is 4.79 Å². The Morgan fingerprint density at radius 3 is 1.37 bits per heavy atom. The molecule has 2 nitrogen and oxygen atoms in total. The summed E-state index contributed by atoms with van der Waals surface area (Å²) in [5.74, 6) is 7.31. The molecule has 0 saturated heterocycles. The van der Waals surface area contributed by atoms with Crippen LogP contribution in [0.4, 0.5) is 0 Å². The van der Waals surface area contributed by atoms with Gasteiger partial charge in [-0.3, -0.25) is 4.79 Å². The molecule has 0 atom stereocenters. The molecule has 1 aromatic carbocycles. The number of rotatable bonds is 5. The van der Waals surface area contributed by atoms with Crippen molar-refractivity contribution in [3.63, 3.8) is 0 Å². The molecule has 2 heteroatoms. The Morgan fingerprint density at radius 1 is 0.632 bits per heavy atom. The number of carbonyl (C=O) groups is 1. The summed E-state index contributed by atoms with van der Waals surface area (Å²) in [5, 5.41) is 0. The number of hydrogen-bond acceptors (Lipinski definition) is 1. The van der Waals surface area contributed by atoms with Crippen LogP contribution in [0.15, 0.2) is 30.3 Å². The minimum Gasteiger partial charge on any atom is -0.369 e. The van der Waals surface area contributed by atoms with Gasteiger partial charge in [0.05, 0.1) is 0 Å². The molecule has 0 spiro atoms. The predicted molar refractivity (Wildman–Crippen MR) is 168 cm³/mol. The highest BCUT2D eigenvalue weighted by Gasteiger charge is 2.26. The second-order valence-electron chi connectivity index (χ2n) is 13.8. The summed E-state index contributed by atoms with van der Waals surface area (Å²) in [5.41, 5.74) is 6.81. The van der Waals surface area contributed by atoms with E-state index in [4.69, 9.17) is 5.73 Å². The lowest BCUT2D eigenvalue weighted by molar-refractivity contribution is -0.123. The van der Waals surface area contributed by atoms with Gasteiger partial charge < -0.3 is 5.73 Å². The van der Waals surface area contributed by atoms with Crippen LogP contribution in [-0.2, 0) is 4.79 Å². The molecule has 1 aromatic rings. The van der Waals surface area contributed by atoms with E-state index in [1.165, 1.54) is 64.2 Å². The van der Waals surface area contributed by atoms with E-state index in [0.717, 1.165) is 60.2 Å². The van der Waals surface area contributed by atoms with E-state index < -0.39 is 0 Å². The third kappa shape index (κ3) is 12.3. The molecular formula is C36H65NO. The molecule has 3 fully saturated rings. The first-order valence-corrected chi connectivity index (χ1v) is 15.9. The first-order chi connectivity index (χ1) is 17.6. The van der Waals surface area contributed by atoms with Gasteiger partial charge in [-0.1, -0.05) is 99.1 Å². The summed E-state index contributed by atoms with van der Waals surface area (Å²) in [7, 11) is 0.